The molecule has 0 bridgehead atoms. The third-order valence-electron chi connectivity index (χ3n) is 4.19. The second-order valence-electron chi connectivity index (χ2n) is 6.05. The Bertz CT molecular complexity index is 717. The molecule has 2 aliphatic rings. The summed E-state index contributed by atoms with van der Waals surface area (Å²) in [6, 6.07) is -0.143. The molecule has 4 rings (SSSR count). The van der Waals surface area contributed by atoms with Crippen LogP contribution in [0.15, 0.2) is 15.9 Å². The van der Waals surface area contributed by atoms with Crippen molar-refractivity contribution in [1.82, 2.24) is 29.9 Å². The normalized spacial score (nSPS) is 16.2. The van der Waals surface area contributed by atoms with Crippen molar-refractivity contribution in [2.45, 2.75) is 50.5 Å². The van der Waals surface area contributed by atoms with Gasteiger partial charge in [0.25, 0.3) is 0 Å². The van der Waals surface area contributed by atoms with Crippen LogP contribution in [0, 0.1) is 0 Å². The SMILES string of the molecule is CCN(Cc1noc(C2CC2)n1)C(=O)NCc1cn2c(n1)SCC2. The first-order chi connectivity index (χ1) is 11.7. The number of urea groups is 1. The summed E-state index contributed by atoms with van der Waals surface area (Å²) in [5.41, 5.74) is 0.886. The van der Waals surface area contributed by atoms with Gasteiger partial charge in [0.05, 0.1) is 18.8 Å². The van der Waals surface area contributed by atoms with Crippen molar-refractivity contribution in [3.8, 4) is 0 Å². The van der Waals surface area contributed by atoms with Crippen LogP contribution in [-0.4, -0.2) is 42.9 Å². The maximum absolute atomic E-state index is 12.4. The van der Waals surface area contributed by atoms with E-state index in [4.69, 9.17) is 4.52 Å². The van der Waals surface area contributed by atoms with Crippen molar-refractivity contribution in [3.63, 3.8) is 0 Å². The van der Waals surface area contributed by atoms with E-state index in [1.807, 2.05) is 13.1 Å². The van der Waals surface area contributed by atoms with Gasteiger partial charge in [0.2, 0.25) is 5.89 Å². The zero-order valence-electron chi connectivity index (χ0n) is 13.6. The van der Waals surface area contributed by atoms with Crippen molar-refractivity contribution in [1.29, 1.82) is 0 Å². The van der Waals surface area contributed by atoms with Gasteiger partial charge in [0, 0.05) is 31.0 Å². The number of imidazole rings is 1. The number of carbonyl (C=O) groups is 1. The van der Waals surface area contributed by atoms with Crippen LogP contribution in [0.5, 0.6) is 0 Å². The van der Waals surface area contributed by atoms with Crippen molar-refractivity contribution in [2.24, 2.45) is 0 Å². The molecule has 2 aromatic rings. The molecule has 24 heavy (non-hydrogen) atoms. The first-order valence-electron chi connectivity index (χ1n) is 8.27. The van der Waals surface area contributed by atoms with Crippen molar-refractivity contribution in [3.05, 3.63) is 23.6 Å². The van der Waals surface area contributed by atoms with Gasteiger partial charge in [-0.05, 0) is 19.8 Å². The van der Waals surface area contributed by atoms with E-state index in [-0.39, 0.29) is 6.03 Å². The van der Waals surface area contributed by atoms with Crippen LogP contribution < -0.4 is 5.32 Å². The molecule has 8 nitrogen and oxygen atoms in total. The Kier molecular flexibility index (Phi) is 4.17. The standard InChI is InChI=1S/C15H20N6O2S/c1-2-20(9-12-18-13(23-19-12)10-3-4-10)14(22)16-7-11-8-21-5-6-24-15(21)17-11/h8,10H,2-7,9H2,1H3,(H,16,22). The average molecular weight is 348 g/mol. The summed E-state index contributed by atoms with van der Waals surface area (Å²) in [6.07, 6.45) is 4.24. The number of amides is 2. The highest BCUT2D eigenvalue weighted by Gasteiger charge is 2.30. The molecular formula is C15H20N6O2S. The first-order valence-corrected chi connectivity index (χ1v) is 9.25. The smallest absolute Gasteiger partial charge is 0.318 e. The van der Waals surface area contributed by atoms with Gasteiger partial charge in [-0.3, -0.25) is 0 Å². The molecule has 128 valence electrons. The highest BCUT2D eigenvalue weighted by molar-refractivity contribution is 7.99. The minimum atomic E-state index is -0.143. The molecule has 2 amide bonds. The molecule has 0 aromatic carbocycles. The molecule has 1 aliphatic carbocycles. The van der Waals surface area contributed by atoms with Gasteiger partial charge >= 0.3 is 6.03 Å². The molecule has 1 fully saturated rings. The van der Waals surface area contributed by atoms with E-state index in [2.05, 4.69) is 25.0 Å². The van der Waals surface area contributed by atoms with Crippen molar-refractivity contribution >= 4 is 17.8 Å². The lowest BCUT2D eigenvalue weighted by Gasteiger charge is -2.19. The van der Waals surface area contributed by atoms with Crippen LogP contribution >= 0.6 is 11.8 Å². The molecule has 0 unspecified atom stereocenters. The fourth-order valence-corrected chi connectivity index (χ4v) is 3.61. The zero-order chi connectivity index (χ0) is 16.5. The summed E-state index contributed by atoms with van der Waals surface area (Å²) in [7, 11) is 0. The van der Waals surface area contributed by atoms with Gasteiger partial charge in [-0.2, -0.15) is 4.98 Å². The van der Waals surface area contributed by atoms with Crippen LogP contribution in [0.25, 0.3) is 0 Å². The van der Waals surface area contributed by atoms with E-state index in [0.717, 1.165) is 36.0 Å². The van der Waals surface area contributed by atoms with E-state index in [1.54, 1.807) is 16.7 Å². The van der Waals surface area contributed by atoms with Gasteiger partial charge in [-0.15, -0.1) is 0 Å². The summed E-state index contributed by atoms with van der Waals surface area (Å²) in [6.45, 7) is 4.28. The lowest BCUT2D eigenvalue weighted by atomic mass is 10.4. The Morgan fingerprint density at radius 2 is 2.38 bits per heavy atom. The molecule has 1 N–H and O–H groups in total. The number of rotatable bonds is 6. The number of hydrogen-bond donors (Lipinski definition) is 1. The Balaban J connectivity index is 1.32. The zero-order valence-corrected chi connectivity index (χ0v) is 14.4. The van der Waals surface area contributed by atoms with Crippen molar-refractivity contribution in [2.75, 3.05) is 12.3 Å². The monoisotopic (exact) mass is 348 g/mol. The van der Waals surface area contributed by atoms with Crippen LogP contribution in [0.4, 0.5) is 4.79 Å². The molecule has 0 saturated heterocycles. The van der Waals surface area contributed by atoms with Crippen molar-refractivity contribution < 1.29 is 9.32 Å². The van der Waals surface area contributed by atoms with Crippen LogP contribution in [-0.2, 0) is 19.6 Å². The second-order valence-corrected chi connectivity index (χ2v) is 7.11. The van der Waals surface area contributed by atoms with E-state index >= 15 is 0 Å². The molecule has 0 radical (unpaired) electrons. The predicted octanol–water partition coefficient (Wildman–Crippen LogP) is 1.98. The summed E-state index contributed by atoms with van der Waals surface area (Å²) in [4.78, 5) is 22.9. The summed E-state index contributed by atoms with van der Waals surface area (Å²) in [5, 5.41) is 7.92. The topological polar surface area (TPSA) is 89.1 Å². The Labute approximate surface area is 144 Å². The Hall–Kier alpha value is -2.03. The van der Waals surface area contributed by atoms with Gasteiger partial charge in [0.15, 0.2) is 11.0 Å². The number of aromatic nitrogens is 4. The third-order valence-corrected chi connectivity index (χ3v) is 5.16. The van der Waals surface area contributed by atoms with Gasteiger partial charge in [-0.25, -0.2) is 9.78 Å². The number of carbonyl (C=O) groups excluding carboxylic acids is 1. The molecule has 0 atom stereocenters. The molecule has 0 spiro atoms. The number of thioether (sulfide) groups is 1. The van der Waals surface area contributed by atoms with E-state index < -0.39 is 0 Å². The highest BCUT2D eigenvalue weighted by atomic mass is 32.2. The Morgan fingerprint density at radius 1 is 1.50 bits per heavy atom. The maximum atomic E-state index is 12.4. The average Bonchev–Trinajstić information content (AvgIpc) is 2.99. The molecule has 1 aliphatic heterocycles. The molecule has 2 aromatic heterocycles. The van der Waals surface area contributed by atoms with E-state index in [0.29, 0.717) is 37.3 Å². The van der Waals surface area contributed by atoms with Gasteiger partial charge in [0.1, 0.15) is 0 Å². The molecule has 1 saturated carbocycles. The number of nitrogens with zero attached hydrogens (tertiary/aromatic N) is 5. The summed E-state index contributed by atoms with van der Waals surface area (Å²) in [5.74, 6) is 2.76. The second kappa shape index (κ2) is 6.46. The maximum Gasteiger partial charge on any atom is 0.318 e. The highest BCUT2D eigenvalue weighted by Crippen LogP contribution is 2.38. The fraction of sp³-hybridized carbons (Fsp3) is 0.600. The number of nitrogens with one attached hydrogen (secondary N) is 1. The lowest BCUT2D eigenvalue weighted by Crippen LogP contribution is -2.39. The number of aryl methyl sites for hydroxylation is 1. The van der Waals surface area contributed by atoms with Gasteiger partial charge in [-0.1, -0.05) is 16.9 Å². The van der Waals surface area contributed by atoms with Crippen LogP contribution in [0.1, 0.15) is 43.1 Å². The van der Waals surface area contributed by atoms with Crippen LogP contribution in [0.2, 0.25) is 0 Å². The minimum Gasteiger partial charge on any atom is -0.339 e. The summed E-state index contributed by atoms with van der Waals surface area (Å²) < 4.78 is 7.37. The van der Waals surface area contributed by atoms with Crippen LogP contribution in [0.3, 0.4) is 0 Å². The fourth-order valence-electron chi connectivity index (χ4n) is 2.65. The quantitative estimate of drug-likeness (QED) is 0.859. The van der Waals surface area contributed by atoms with E-state index in [9.17, 15) is 4.79 Å². The molecular weight excluding hydrogens is 328 g/mol. The molecule has 9 heteroatoms. The predicted molar refractivity (Wildman–Crippen MR) is 87.5 cm³/mol. The third kappa shape index (κ3) is 3.26. The van der Waals surface area contributed by atoms with E-state index in [1.165, 1.54) is 0 Å². The minimum absolute atomic E-state index is 0.143. The molecule has 3 heterocycles. The summed E-state index contributed by atoms with van der Waals surface area (Å²) >= 11 is 1.75. The lowest BCUT2D eigenvalue weighted by molar-refractivity contribution is 0.195. The Morgan fingerprint density at radius 3 is 3.12 bits per heavy atom. The number of hydrogen-bond acceptors (Lipinski definition) is 6. The first kappa shape index (κ1) is 15.5. The van der Waals surface area contributed by atoms with Gasteiger partial charge < -0.3 is 19.3 Å². The largest absolute Gasteiger partial charge is 0.339 e. The number of fused-ring (bicyclic) bond motifs is 1.